The maximum Gasteiger partial charge on any atom is 0.0776 e. The van der Waals surface area contributed by atoms with Crippen LogP contribution in [0.5, 0.6) is 0 Å². The zero-order valence-corrected chi connectivity index (χ0v) is 38.1. The van der Waals surface area contributed by atoms with E-state index in [2.05, 4.69) is 254 Å². The maximum atomic E-state index is 2.56. The van der Waals surface area contributed by atoms with E-state index in [4.69, 9.17) is 0 Å². The third kappa shape index (κ3) is 5.67. The van der Waals surface area contributed by atoms with Crippen molar-refractivity contribution < 1.29 is 0 Å². The first-order valence-corrected chi connectivity index (χ1v) is 26.8. The highest BCUT2D eigenvalue weighted by Gasteiger charge is 2.48. The number of fused-ring (bicyclic) bond motifs is 7. The molecule has 306 valence electrons. The lowest BCUT2D eigenvalue weighted by Gasteiger charge is -2.35. The number of hydrogen-bond donors (Lipinski definition) is 0. The first-order chi connectivity index (χ1) is 31.4. The minimum atomic E-state index is -1.67. The van der Waals surface area contributed by atoms with E-state index in [9.17, 15) is 0 Å². The van der Waals surface area contributed by atoms with Crippen LogP contribution < -0.4 is 10.1 Å². The molecular weight excluding hydrogens is 807 g/mol. The fraction of sp³-hybridized carbons (Fsp3) is 0.0820. The van der Waals surface area contributed by atoms with Gasteiger partial charge in [-0.1, -0.05) is 207 Å². The summed E-state index contributed by atoms with van der Waals surface area (Å²) in [4.78, 5) is 2.50. The minimum Gasteiger partial charge on any atom is -0.310 e. The number of nitrogens with zero attached hydrogens (tertiary/aromatic N) is 1. The molecule has 0 bridgehead atoms. The van der Waals surface area contributed by atoms with E-state index in [-0.39, 0.29) is 0 Å². The molecule has 0 radical (unpaired) electrons. The van der Waals surface area contributed by atoms with Crippen molar-refractivity contribution in [2.75, 3.05) is 4.90 Å². The molecule has 0 amide bonds. The largest absolute Gasteiger partial charge is 0.310 e. The van der Waals surface area contributed by atoms with Crippen LogP contribution in [0.3, 0.4) is 0 Å². The van der Waals surface area contributed by atoms with Crippen LogP contribution in [-0.4, -0.2) is 8.07 Å². The summed E-state index contributed by atoms with van der Waals surface area (Å²) in [6.45, 7) is 7.38. The summed E-state index contributed by atoms with van der Waals surface area (Å²) >= 11 is 1.80. The SMILES string of the molecule is C[Si](C)(C)c1ccc2c(c1)C(c1ccccc1)(c1ccccc1)c1cc(N(c3ccc4c(c3)-c3ccccc3C4(c3ccccc3)c3ccccc3)c3ccc4ccsc4c3)ccc1-2. The van der Waals surface area contributed by atoms with Crippen LogP contribution >= 0.6 is 11.3 Å². The molecule has 2 aliphatic rings. The summed E-state index contributed by atoms with van der Waals surface area (Å²) in [6.07, 6.45) is 0. The topological polar surface area (TPSA) is 3.24 Å². The van der Waals surface area contributed by atoms with E-state index in [1.165, 1.54) is 82.0 Å². The van der Waals surface area contributed by atoms with Gasteiger partial charge < -0.3 is 4.90 Å². The van der Waals surface area contributed by atoms with E-state index < -0.39 is 18.9 Å². The van der Waals surface area contributed by atoms with Gasteiger partial charge in [-0.25, -0.2) is 0 Å². The van der Waals surface area contributed by atoms with Crippen LogP contribution in [0.15, 0.2) is 230 Å². The van der Waals surface area contributed by atoms with Crippen LogP contribution in [0.2, 0.25) is 19.6 Å². The number of hydrogen-bond acceptors (Lipinski definition) is 2. The summed E-state index contributed by atoms with van der Waals surface area (Å²) < 4.78 is 1.27. The number of rotatable bonds is 8. The molecule has 0 N–H and O–H groups in total. The lowest BCUT2D eigenvalue weighted by atomic mass is 9.67. The molecule has 0 atom stereocenters. The lowest BCUT2D eigenvalue weighted by molar-refractivity contribution is 0.768. The zero-order valence-electron chi connectivity index (χ0n) is 36.3. The number of anilines is 3. The molecule has 0 saturated heterocycles. The smallest absolute Gasteiger partial charge is 0.0776 e. The maximum absolute atomic E-state index is 2.56. The molecule has 10 aromatic rings. The van der Waals surface area contributed by atoms with Gasteiger partial charge in [0, 0.05) is 21.8 Å². The van der Waals surface area contributed by atoms with E-state index >= 15 is 0 Å². The molecule has 1 nitrogen and oxygen atoms in total. The Morgan fingerprint density at radius 3 is 1.42 bits per heavy atom. The third-order valence-electron chi connectivity index (χ3n) is 14.1. The van der Waals surface area contributed by atoms with Crippen molar-refractivity contribution >= 4 is 51.7 Å². The van der Waals surface area contributed by atoms with Gasteiger partial charge in [-0.2, -0.15) is 0 Å². The van der Waals surface area contributed by atoms with Crippen molar-refractivity contribution in [2.45, 2.75) is 30.5 Å². The summed E-state index contributed by atoms with van der Waals surface area (Å²) in [6, 6.07) is 84.8. The third-order valence-corrected chi connectivity index (χ3v) is 17.0. The average Bonchev–Trinajstić information content (AvgIpc) is 4.02. The summed E-state index contributed by atoms with van der Waals surface area (Å²) in [5, 5.41) is 4.94. The number of benzene rings is 9. The van der Waals surface area contributed by atoms with Crippen LogP contribution in [0, 0.1) is 0 Å². The van der Waals surface area contributed by atoms with Gasteiger partial charge in [0.25, 0.3) is 0 Å². The van der Waals surface area contributed by atoms with E-state index in [0.29, 0.717) is 0 Å². The summed E-state index contributed by atoms with van der Waals surface area (Å²) in [5.74, 6) is 0. The second-order valence-electron chi connectivity index (χ2n) is 18.5. The second-order valence-corrected chi connectivity index (χ2v) is 24.5. The monoisotopic (exact) mass is 853 g/mol. The Kier molecular flexibility index (Phi) is 8.91. The van der Waals surface area contributed by atoms with Crippen molar-refractivity contribution in [1.29, 1.82) is 0 Å². The van der Waals surface area contributed by atoms with Gasteiger partial charge in [-0.05, 0) is 120 Å². The second kappa shape index (κ2) is 14.8. The van der Waals surface area contributed by atoms with Crippen molar-refractivity contribution in [3.05, 3.63) is 274 Å². The predicted octanol–water partition coefficient (Wildman–Crippen LogP) is 15.6. The fourth-order valence-electron chi connectivity index (χ4n) is 11.2. The highest BCUT2D eigenvalue weighted by Crippen LogP contribution is 2.59. The van der Waals surface area contributed by atoms with Crippen molar-refractivity contribution in [1.82, 2.24) is 0 Å². The highest BCUT2D eigenvalue weighted by molar-refractivity contribution is 7.17. The Balaban J connectivity index is 1.13. The zero-order chi connectivity index (χ0) is 43.0. The van der Waals surface area contributed by atoms with Gasteiger partial charge in [-0.15, -0.1) is 11.3 Å². The Hall–Kier alpha value is -7.04. The molecule has 9 aromatic carbocycles. The van der Waals surface area contributed by atoms with Gasteiger partial charge in [0.2, 0.25) is 0 Å². The van der Waals surface area contributed by atoms with Crippen LogP contribution in [-0.2, 0) is 10.8 Å². The molecule has 0 fully saturated rings. The van der Waals surface area contributed by atoms with Gasteiger partial charge in [-0.3, -0.25) is 0 Å². The molecule has 0 spiro atoms. The molecule has 0 aliphatic heterocycles. The predicted molar refractivity (Wildman–Crippen MR) is 274 cm³/mol. The van der Waals surface area contributed by atoms with Gasteiger partial charge in [0.1, 0.15) is 0 Å². The minimum absolute atomic E-state index is 0.466. The Labute approximate surface area is 381 Å². The van der Waals surface area contributed by atoms with Gasteiger partial charge >= 0.3 is 0 Å². The molecular formula is C61H47NSSi. The molecule has 64 heavy (non-hydrogen) atoms. The van der Waals surface area contributed by atoms with Gasteiger partial charge in [0.15, 0.2) is 0 Å². The Morgan fingerprint density at radius 1 is 0.359 bits per heavy atom. The van der Waals surface area contributed by atoms with E-state index in [1.54, 1.807) is 11.3 Å². The molecule has 0 saturated carbocycles. The molecule has 1 aromatic heterocycles. The first kappa shape index (κ1) is 38.6. The highest BCUT2D eigenvalue weighted by atomic mass is 32.1. The van der Waals surface area contributed by atoms with Crippen LogP contribution in [0.25, 0.3) is 32.3 Å². The van der Waals surface area contributed by atoms with E-state index in [1.807, 2.05) is 0 Å². The Bertz CT molecular complexity index is 3290. The fourth-order valence-corrected chi connectivity index (χ4v) is 13.2. The molecule has 0 unspecified atom stereocenters. The Morgan fingerprint density at radius 2 is 0.812 bits per heavy atom. The van der Waals surface area contributed by atoms with Crippen LogP contribution in [0.1, 0.15) is 44.5 Å². The first-order valence-electron chi connectivity index (χ1n) is 22.4. The number of thiophene rings is 1. The van der Waals surface area contributed by atoms with Crippen molar-refractivity contribution in [2.24, 2.45) is 0 Å². The van der Waals surface area contributed by atoms with Crippen molar-refractivity contribution in [3.8, 4) is 22.3 Å². The van der Waals surface area contributed by atoms with Gasteiger partial charge in [0.05, 0.1) is 18.9 Å². The lowest BCUT2D eigenvalue weighted by Crippen LogP contribution is -2.39. The summed E-state index contributed by atoms with van der Waals surface area (Å²) in [5.41, 5.74) is 18.0. The molecule has 1 heterocycles. The van der Waals surface area contributed by atoms with Crippen molar-refractivity contribution in [3.63, 3.8) is 0 Å². The summed E-state index contributed by atoms with van der Waals surface area (Å²) in [7, 11) is -1.67. The quantitative estimate of drug-likeness (QED) is 0.138. The standard InChI is InChI=1S/C61H47NSSi/c1-64(2,3)50-32-34-53-52-33-30-48(39-57(52)61(58(53)41-50,45-22-12-6-13-23-45)46-24-14-7-15-25-46)62(49-29-28-42-36-37-63-59(42)40-49)47-31-35-56-54(38-47)51-26-16-17-27-55(51)60(56,43-18-8-4-9-19-43)44-20-10-5-11-21-44/h4-41H,1-3H3. The molecule has 12 rings (SSSR count). The van der Waals surface area contributed by atoms with E-state index in [0.717, 1.165) is 17.1 Å². The molecule has 3 heteroatoms. The molecule has 2 aliphatic carbocycles. The van der Waals surface area contributed by atoms with Crippen LogP contribution in [0.4, 0.5) is 17.1 Å². The normalized spacial score (nSPS) is 14.1. The average molecular weight is 854 g/mol.